The number of fused-ring (bicyclic) bond motifs is 1. The number of aromatic nitrogens is 3. The van der Waals surface area contributed by atoms with Crippen molar-refractivity contribution in [2.45, 2.75) is 12.8 Å². The summed E-state index contributed by atoms with van der Waals surface area (Å²) in [6.07, 6.45) is 5.72. The fraction of sp³-hybridized carbons (Fsp3) is 0.263. The zero-order valence-corrected chi connectivity index (χ0v) is 16.0. The Balaban J connectivity index is 1.52. The minimum Gasteiger partial charge on any atom is -0.353 e. The Morgan fingerprint density at radius 3 is 2.81 bits per heavy atom. The number of carbonyl (C=O) groups is 1. The van der Waals surface area contributed by atoms with Gasteiger partial charge in [0.2, 0.25) is 5.91 Å². The van der Waals surface area contributed by atoms with Crippen molar-refractivity contribution in [3.8, 4) is 0 Å². The molecule has 1 amide bonds. The van der Waals surface area contributed by atoms with Crippen LogP contribution in [0.1, 0.15) is 17.0 Å². The van der Waals surface area contributed by atoms with Gasteiger partial charge in [-0.2, -0.15) is 0 Å². The Morgan fingerprint density at radius 2 is 2.04 bits per heavy atom. The summed E-state index contributed by atoms with van der Waals surface area (Å²) in [6, 6.07) is 8.00. The third-order valence-corrected chi connectivity index (χ3v) is 5.19. The number of nitrogens with zero attached hydrogens (tertiary/aromatic N) is 3. The maximum Gasteiger partial charge on any atom is 0.330 e. The van der Waals surface area contributed by atoms with Crippen molar-refractivity contribution in [2.24, 2.45) is 14.1 Å². The van der Waals surface area contributed by atoms with Crippen molar-refractivity contribution < 1.29 is 4.79 Å². The van der Waals surface area contributed by atoms with Gasteiger partial charge in [-0.25, -0.2) is 9.78 Å². The van der Waals surface area contributed by atoms with Gasteiger partial charge in [0.25, 0.3) is 5.56 Å². The molecule has 0 atom stereocenters. The molecule has 0 aliphatic heterocycles. The highest BCUT2D eigenvalue weighted by Crippen LogP contribution is 2.22. The first-order valence-electron chi connectivity index (χ1n) is 8.53. The van der Waals surface area contributed by atoms with E-state index in [2.05, 4.69) is 10.3 Å². The van der Waals surface area contributed by atoms with E-state index >= 15 is 0 Å². The minimum absolute atomic E-state index is 0.282. The summed E-state index contributed by atoms with van der Waals surface area (Å²) in [4.78, 5) is 40.1. The van der Waals surface area contributed by atoms with Crippen LogP contribution in [0.25, 0.3) is 16.3 Å². The van der Waals surface area contributed by atoms with E-state index in [0.29, 0.717) is 6.54 Å². The van der Waals surface area contributed by atoms with Crippen LogP contribution in [0.3, 0.4) is 0 Å². The maximum atomic E-state index is 12.0. The van der Waals surface area contributed by atoms with Gasteiger partial charge in [-0.05, 0) is 24.6 Å². The van der Waals surface area contributed by atoms with Gasteiger partial charge >= 0.3 is 5.69 Å². The van der Waals surface area contributed by atoms with Crippen LogP contribution >= 0.6 is 11.3 Å². The largest absolute Gasteiger partial charge is 0.353 e. The minimum atomic E-state index is -0.432. The number of hydrogen-bond donors (Lipinski definition) is 1. The second kappa shape index (κ2) is 8.13. The molecule has 7 nitrogen and oxygen atoms in total. The van der Waals surface area contributed by atoms with E-state index in [1.54, 1.807) is 18.4 Å². The van der Waals surface area contributed by atoms with Crippen LogP contribution in [0.2, 0.25) is 0 Å². The Bertz CT molecular complexity index is 1090. The first-order chi connectivity index (χ1) is 13.0. The van der Waals surface area contributed by atoms with Gasteiger partial charge < -0.3 is 9.88 Å². The smallest absolute Gasteiger partial charge is 0.330 e. The van der Waals surface area contributed by atoms with E-state index in [1.807, 2.05) is 24.3 Å². The third kappa shape index (κ3) is 4.40. The van der Waals surface area contributed by atoms with Gasteiger partial charge in [-0.15, -0.1) is 11.3 Å². The molecule has 0 saturated heterocycles. The molecular weight excluding hydrogens is 364 g/mol. The Hall–Kier alpha value is -3.00. The summed E-state index contributed by atoms with van der Waals surface area (Å²) < 4.78 is 3.48. The van der Waals surface area contributed by atoms with Crippen molar-refractivity contribution >= 4 is 33.5 Å². The van der Waals surface area contributed by atoms with Gasteiger partial charge in [0.05, 0.1) is 20.8 Å². The molecule has 1 aromatic carbocycles. The third-order valence-electron chi connectivity index (χ3n) is 4.09. The molecule has 3 rings (SSSR count). The second-order valence-corrected chi connectivity index (χ2v) is 7.26. The van der Waals surface area contributed by atoms with E-state index in [4.69, 9.17) is 0 Å². The Kier molecular flexibility index (Phi) is 5.66. The highest BCUT2D eigenvalue weighted by Gasteiger charge is 2.05. The quantitative estimate of drug-likeness (QED) is 0.515. The van der Waals surface area contributed by atoms with Crippen LogP contribution in [0.15, 0.2) is 46.1 Å². The van der Waals surface area contributed by atoms with Gasteiger partial charge in [0, 0.05) is 39.3 Å². The van der Waals surface area contributed by atoms with Crippen LogP contribution in [0.4, 0.5) is 0 Å². The molecule has 0 aliphatic carbocycles. The molecule has 3 aromatic rings. The molecule has 8 heteroatoms. The molecule has 0 unspecified atom stereocenters. The zero-order chi connectivity index (χ0) is 19.4. The van der Waals surface area contributed by atoms with E-state index in [0.717, 1.165) is 27.9 Å². The lowest BCUT2D eigenvalue weighted by molar-refractivity contribution is -0.116. The number of rotatable bonds is 6. The highest BCUT2D eigenvalue weighted by atomic mass is 32.1. The van der Waals surface area contributed by atoms with Crippen LogP contribution in [0.5, 0.6) is 0 Å². The summed E-state index contributed by atoms with van der Waals surface area (Å²) in [5.41, 5.74) is 0.446. The molecule has 0 spiro atoms. The molecule has 2 aromatic heterocycles. The van der Waals surface area contributed by atoms with Gasteiger partial charge in [0.1, 0.15) is 0 Å². The van der Waals surface area contributed by atoms with Gasteiger partial charge in [-0.3, -0.25) is 14.2 Å². The van der Waals surface area contributed by atoms with E-state index in [-0.39, 0.29) is 11.5 Å². The van der Waals surface area contributed by atoms with Crippen molar-refractivity contribution in [2.75, 3.05) is 6.54 Å². The van der Waals surface area contributed by atoms with Gasteiger partial charge in [-0.1, -0.05) is 12.1 Å². The molecule has 140 valence electrons. The zero-order valence-electron chi connectivity index (χ0n) is 15.1. The van der Waals surface area contributed by atoms with Crippen molar-refractivity contribution in [1.82, 2.24) is 19.4 Å². The van der Waals surface area contributed by atoms with Crippen molar-refractivity contribution in [3.63, 3.8) is 0 Å². The van der Waals surface area contributed by atoms with Gasteiger partial charge in [0.15, 0.2) is 0 Å². The predicted molar refractivity (Wildman–Crippen MR) is 107 cm³/mol. The molecule has 27 heavy (non-hydrogen) atoms. The molecule has 0 radical (unpaired) electrons. The first kappa shape index (κ1) is 18.8. The molecular formula is C19H20N4O3S. The second-order valence-electron chi connectivity index (χ2n) is 6.15. The number of aryl methyl sites for hydroxylation is 2. The molecule has 0 aliphatic rings. The summed E-state index contributed by atoms with van der Waals surface area (Å²) in [5, 5.41) is 3.84. The van der Waals surface area contributed by atoms with E-state index in [1.165, 1.54) is 34.7 Å². The first-order valence-corrected chi connectivity index (χ1v) is 9.34. The lowest BCUT2D eigenvalue weighted by Gasteiger charge is -2.03. The SMILES string of the molecule is Cn1cc(/C=C/C(=O)NCCCc2nc3ccccc3s2)c(=O)n(C)c1=O. The fourth-order valence-corrected chi connectivity index (χ4v) is 3.66. The van der Waals surface area contributed by atoms with Crippen LogP contribution in [-0.4, -0.2) is 26.6 Å². The number of carbonyl (C=O) groups excluding carboxylic acids is 1. The summed E-state index contributed by atoms with van der Waals surface area (Å²) in [7, 11) is 2.96. The molecule has 1 N–H and O–H groups in total. The van der Waals surface area contributed by atoms with Crippen LogP contribution < -0.4 is 16.6 Å². The fourth-order valence-electron chi connectivity index (χ4n) is 2.65. The average molecular weight is 384 g/mol. The average Bonchev–Trinajstić information content (AvgIpc) is 3.08. The number of nitrogens with one attached hydrogen (secondary N) is 1. The number of amides is 1. The molecule has 0 saturated carbocycles. The molecule has 0 fully saturated rings. The predicted octanol–water partition coefficient (Wildman–Crippen LogP) is 1.46. The topological polar surface area (TPSA) is 86.0 Å². The number of benzene rings is 1. The maximum absolute atomic E-state index is 12.0. The van der Waals surface area contributed by atoms with Crippen molar-refractivity contribution in [3.05, 3.63) is 67.9 Å². The standard InChI is InChI=1S/C19H20N4O3S/c1-22-12-13(18(25)23(2)19(22)26)9-10-16(24)20-11-5-8-17-21-14-6-3-4-7-15(14)27-17/h3-4,6-7,9-10,12H,5,8,11H2,1-2H3,(H,20,24)/b10-9+. The summed E-state index contributed by atoms with van der Waals surface area (Å²) in [6.45, 7) is 0.518. The normalized spacial score (nSPS) is 11.3. The lowest BCUT2D eigenvalue weighted by Crippen LogP contribution is -2.37. The van der Waals surface area contributed by atoms with Crippen molar-refractivity contribution in [1.29, 1.82) is 0 Å². The monoisotopic (exact) mass is 384 g/mol. The Labute approximate surface area is 159 Å². The molecule has 2 heterocycles. The van der Waals surface area contributed by atoms with Crippen LogP contribution in [-0.2, 0) is 25.3 Å². The van der Waals surface area contributed by atoms with Crippen LogP contribution in [0, 0.1) is 0 Å². The number of para-hydroxylation sites is 1. The Morgan fingerprint density at radius 1 is 1.26 bits per heavy atom. The number of thiazole rings is 1. The van der Waals surface area contributed by atoms with E-state index < -0.39 is 11.2 Å². The summed E-state index contributed by atoms with van der Waals surface area (Å²) in [5.74, 6) is -0.282. The number of hydrogen-bond acceptors (Lipinski definition) is 5. The molecule has 0 bridgehead atoms. The highest BCUT2D eigenvalue weighted by molar-refractivity contribution is 7.18. The summed E-state index contributed by atoms with van der Waals surface area (Å²) >= 11 is 1.67. The van der Waals surface area contributed by atoms with E-state index in [9.17, 15) is 14.4 Å². The lowest BCUT2D eigenvalue weighted by atomic mass is 10.3.